The van der Waals surface area contributed by atoms with Crippen molar-refractivity contribution in [3.05, 3.63) is 33.8 Å². The highest BCUT2D eigenvalue weighted by molar-refractivity contribution is 6.32. The number of nitrogens with two attached hydrogens (primary N) is 1. The summed E-state index contributed by atoms with van der Waals surface area (Å²) in [7, 11) is 0. The number of rotatable bonds is 3. The van der Waals surface area contributed by atoms with E-state index in [1.165, 1.54) is 0 Å². The van der Waals surface area contributed by atoms with E-state index in [1.807, 2.05) is 26.0 Å². The number of halogens is 1. The molecule has 3 heteroatoms. The van der Waals surface area contributed by atoms with Gasteiger partial charge in [0.25, 0.3) is 0 Å². The minimum Gasteiger partial charge on any atom is -0.330 e. The van der Waals surface area contributed by atoms with Crippen LogP contribution in [0.2, 0.25) is 5.02 Å². The molecule has 0 aliphatic rings. The van der Waals surface area contributed by atoms with Gasteiger partial charge in [0.05, 0.1) is 0 Å². The fourth-order valence-corrected chi connectivity index (χ4v) is 1.64. The van der Waals surface area contributed by atoms with Crippen LogP contribution in [0.5, 0.6) is 0 Å². The Morgan fingerprint density at radius 3 is 2.64 bits per heavy atom. The molecule has 0 saturated heterocycles. The first-order valence-corrected chi connectivity index (χ1v) is 4.94. The van der Waals surface area contributed by atoms with E-state index in [0.717, 1.165) is 11.1 Å². The zero-order chi connectivity index (χ0) is 10.7. The molecule has 1 aromatic rings. The Kier molecular flexibility index (Phi) is 3.67. The molecule has 0 saturated carbocycles. The second kappa shape index (κ2) is 4.58. The molecule has 0 aliphatic heterocycles. The van der Waals surface area contributed by atoms with Crippen LogP contribution in [0, 0.1) is 13.8 Å². The lowest BCUT2D eigenvalue weighted by molar-refractivity contribution is 0.0985. The van der Waals surface area contributed by atoms with Gasteiger partial charge >= 0.3 is 0 Å². The normalized spacial score (nSPS) is 10.3. The molecule has 0 radical (unpaired) electrons. The molecule has 0 amide bonds. The number of carbonyl (C=O) groups excluding carboxylic acids is 1. The quantitative estimate of drug-likeness (QED) is 0.781. The molecule has 1 aromatic carbocycles. The third-order valence-electron chi connectivity index (χ3n) is 2.16. The van der Waals surface area contributed by atoms with Crippen LogP contribution in [0.4, 0.5) is 0 Å². The molecule has 0 unspecified atom stereocenters. The van der Waals surface area contributed by atoms with Crippen molar-refractivity contribution < 1.29 is 4.79 Å². The fourth-order valence-electron chi connectivity index (χ4n) is 1.37. The van der Waals surface area contributed by atoms with Crippen molar-refractivity contribution in [3.8, 4) is 0 Å². The van der Waals surface area contributed by atoms with Gasteiger partial charge in [0.1, 0.15) is 0 Å². The minimum absolute atomic E-state index is 0.0654. The number of ketones is 1. The molecule has 0 fully saturated rings. The number of benzene rings is 1. The summed E-state index contributed by atoms with van der Waals surface area (Å²) < 4.78 is 0. The number of aryl methyl sites for hydroxylation is 1. The van der Waals surface area contributed by atoms with E-state index in [2.05, 4.69) is 0 Å². The highest BCUT2D eigenvalue weighted by Crippen LogP contribution is 2.22. The highest BCUT2D eigenvalue weighted by Gasteiger charge is 2.10. The summed E-state index contributed by atoms with van der Waals surface area (Å²) in [5, 5.41) is 0.644. The zero-order valence-corrected chi connectivity index (χ0v) is 9.19. The fraction of sp³-hybridized carbons (Fsp3) is 0.364. The van der Waals surface area contributed by atoms with Gasteiger partial charge in [-0.3, -0.25) is 4.79 Å². The van der Waals surface area contributed by atoms with Gasteiger partial charge in [-0.15, -0.1) is 0 Å². The number of carbonyl (C=O) groups is 1. The van der Waals surface area contributed by atoms with Crippen molar-refractivity contribution in [2.45, 2.75) is 20.3 Å². The topological polar surface area (TPSA) is 43.1 Å². The lowest BCUT2D eigenvalue weighted by Gasteiger charge is -2.07. The SMILES string of the molecule is Cc1cc(Cl)c(C)c(C(=O)CCN)c1. The Labute approximate surface area is 89.1 Å². The minimum atomic E-state index is 0.0654. The van der Waals surface area contributed by atoms with Crippen LogP contribution in [0.3, 0.4) is 0 Å². The maximum Gasteiger partial charge on any atom is 0.164 e. The summed E-state index contributed by atoms with van der Waals surface area (Å²) >= 11 is 5.98. The number of hydrogen-bond acceptors (Lipinski definition) is 2. The average Bonchev–Trinajstić information content (AvgIpc) is 2.11. The van der Waals surface area contributed by atoms with Crippen LogP contribution in [0.15, 0.2) is 12.1 Å². The summed E-state index contributed by atoms with van der Waals surface area (Å²) in [6, 6.07) is 3.72. The van der Waals surface area contributed by atoms with Crippen molar-refractivity contribution in [2.24, 2.45) is 5.73 Å². The second-order valence-electron chi connectivity index (χ2n) is 3.38. The Balaban J connectivity index is 3.13. The largest absolute Gasteiger partial charge is 0.330 e. The van der Waals surface area contributed by atoms with Crippen molar-refractivity contribution in [1.82, 2.24) is 0 Å². The van der Waals surface area contributed by atoms with Gasteiger partial charge in [-0.2, -0.15) is 0 Å². The van der Waals surface area contributed by atoms with E-state index >= 15 is 0 Å². The van der Waals surface area contributed by atoms with Crippen LogP contribution in [-0.2, 0) is 0 Å². The molecular formula is C11H14ClNO. The standard InChI is InChI=1S/C11H14ClNO/c1-7-5-9(11(14)3-4-13)8(2)10(12)6-7/h5-6H,3-4,13H2,1-2H3. The lowest BCUT2D eigenvalue weighted by atomic mass is 10.0. The first-order valence-electron chi connectivity index (χ1n) is 4.56. The van der Waals surface area contributed by atoms with Gasteiger partial charge in [-0.05, 0) is 43.7 Å². The van der Waals surface area contributed by atoms with Gasteiger partial charge in [0.15, 0.2) is 5.78 Å². The third-order valence-corrected chi connectivity index (χ3v) is 2.55. The predicted molar refractivity (Wildman–Crippen MR) is 58.9 cm³/mol. The smallest absolute Gasteiger partial charge is 0.164 e. The van der Waals surface area contributed by atoms with E-state index in [4.69, 9.17) is 17.3 Å². The van der Waals surface area contributed by atoms with Crippen LogP contribution < -0.4 is 5.73 Å². The Hall–Kier alpha value is -0.860. The zero-order valence-electron chi connectivity index (χ0n) is 8.43. The number of hydrogen-bond donors (Lipinski definition) is 1. The highest BCUT2D eigenvalue weighted by atomic mass is 35.5. The van der Waals surface area contributed by atoms with Crippen LogP contribution in [0.1, 0.15) is 27.9 Å². The molecular weight excluding hydrogens is 198 g/mol. The predicted octanol–water partition coefficient (Wildman–Crippen LogP) is 2.49. The van der Waals surface area contributed by atoms with Crippen molar-refractivity contribution in [1.29, 1.82) is 0 Å². The van der Waals surface area contributed by atoms with Gasteiger partial charge in [0.2, 0.25) is 0 Å². The summed E-state index contributed by atoms with van der Waals surface area (Å²) in [6.45, 7) is 4.15. The summed E-state index contributed by atoms with van der Waals surface area (Å²) in [5.41, 5.74) is 7.88. The van der Waals surface area contributed by atoms with Crippen molar-refractivity contribution in [2.75, 3.05) is 6.54 Å². The lowest BCUT2D eigenvalue weighted by Crippen LogP contribution is -2.09. The molecule has 0 bridgehead atoms. The summed E-state index contributed by atoms with van der Waals surface area (Å²) in [4.78, 5) is 11.6. The Morgan fingerprint density at radius 2 is 2.07 bits per heavy atom. The van der Waals surface area contributed by atoms with Crippen molar-refractivity contribution in [3.63, 3.8) is 0 Å². The van der Waals surface area contributed by atoms with Crippen molar-refractivity contribution >= 4 is 17.4 Å². The molecule has 2 nitrogen and oxygen atoms in total. The molecule has 2 N–H and O–H groups in total. The molecule has 1 rings (SSSR count). The molecule has 0 spiro atoms. The van der Waals surface area contributed by atoms with E-state index < -0.39 is 0 Å². The van der Waals surface area contributed by atoms with E-state index in [-0.39, 0.29) is 5.78 Å². The first-order chi connectivity index (χ1) is 6.56. The number of Topliss-reactive ketones (excluding diaryl/α,β-unsaturated/α-hetero) is 1. The maximum absolute atomic E-state index is 11.6. The monoisotopic (exact) mass is 211 g/mol. The van der Waals surface area contributed by atoms with Crippen LogP contribution >= 0.6 is 11.6 Å². The molecule has 0 atom stereocenters. The molecule has 76 valence electrons. The van der Waals surface area contributed by atoms with Crippen LogP contribution in [-0.4, -0.2) is 12.3 Å². The third kappa shape index (κ3) is 2.34. The molecule has 0 aromatic heterocycles. The maximum atomic E-state index is 11.6. The van der Waals surface area contributed by atoms with E-state index in [0.29, 0.717) is 23.6 Å². The van der Waals surface area contributed by atoms with Gasteiger partial charge in [0, 0.05) is 17.0 Å². The Morgan fingerprint density at radius 1 is 1.43 bits per heavy atom. The van der Waals surface area contributed by atoms with Gasteiger partial charge in [-0.25, -0.2) is 0 Å². The average molecular weight is 212 g/mol. The van der Waals surface area contributed by atoms with Gasteiger partial charge in [-0.1, -0.05) is 11.6 Å². The molecule has 0 aliphatic carbocycles. The molecule has 0 heterocycles. The van der Waals surface area contributed by atoms with E-state index in [9.17, 15) is 4.79 Å². The van der Waals surface area contributed by atoms with E-state index in [1.54, 1.807) is 0 Å². The summed E-state index contributed by atoms with van der Waals surface area (Å²) in [5.74, 6) is 0.0654. The van der Waals surface area contributed by atoms with Crippen LogP contribution in [0.25, 0.3) is 0 Å². The molecule has 14 heavy (non-hydrogen) atoms. The Bertz CT molecular complexity index is 361. The van der Waals surface area contributed by atoms with Gasteiger partial charge < -0.3 is 5.73 Å². The second-order valence-corrected chi connectivity index (χ2v) is 3.79. The summed E-state index contributed by atoms with van der Waals surface area (Å²) in [6.07, 6.45) is 0.376. The first kappa shape index (κ1) is 11.2.